The first kappa shape index (κ1) is 17.0. The van der Waals surface area contributed by atoms with Gasteiger partial charge in [0.15, 0.2) is 0 Å². The summed E-state index contributed by atoms with van der Waals surface area (Å²) in [5.74, 6) is 0.901. The van der Waals surface area contributed by atoms with Crippen LogP contribution in [0.25, 0.3) is 0 Å². The van der Waals surface area contributed by atoms with Gasteiger partial charge in [-0.1, -0.05) is 53.7 Å². The van der Waals surface area contributed by atoms with Crippen LogP contribution in [0.15, 0.2) is 24.3 Å². The van der Waals surface area contributed by atoms with Crippen LogP contribution in [-0.2, 0) is 5.41 Å². The van der Waals surface area contributed by atoms with Crippen LogP contribution in [0.5, 0.6) is 5.75 Å². The van der Waals surface area contributed by atoms with Gasteiger partial charge in [0.2, 0.25) is 0 Å². The molecule has 1 aromatic carbocycles. The molecule has 2 N–H and O–H groups in total. The SMILES string of the molecule is CCC(C)(C)c1ccc(OC(C(C)N)C(C)(C)C)cc1. The van der Waals surface area contributed by atoms with E-state index in [1.165, 1.54) is 5.56 Å². The molecular formula is C18H31NO. The van der Waals surface area contributed by atoms with E-state index in [0.717, 1.165) is 12.2 Å². The summed E-state index contributed by atoms with van der Waals surface area (Å²) in [5, 5.41) is 0. The Labute approximate surface area is 124 Å². The minimum absolute atomic E-state index is 0.00163. The highest BCUT2D eigenvalue weighted by Crippen LogP contribution is 2.30. The molecule has 2 unspecified atom stereocenters. The molecule has 2 nitrogen and oxygen atoms in total. The van der Waals surface area contributed by atoms with E-state index in [0.29, 0.717) is 0 Å². The Morgan fingerprint density at radius 2 is 1.55 bits per heavy atom. The molecular weight excluding hydrogens is 246 g/mol. The van der Waals surface area contributed by atoms with E-state index in [4.69, 9.17) is 10.5 Å². The van der Waals surface area contributed by atoms with Crippen LogP contribution in [0.1, 0.15) is 60.5 Å². The quantitative estimate of drug-likeness (QED) is 0.859. The monoisotopic (exact) mass is 277 g/mol. The molecule has 0 heterocycles. The summed E-state index contributed by atoms with van der Waals surface area (Å²) in [6, 6.07) is 8.46. The number of rotatable bonds is 5. The van der Waals surface area contributed by atoms with Gasteiger partial charge in [0.25, 0.3) is 0 Å². The minimum atomic E-state index is 0.00163. The van der Waals surface area contributed by atoms with Crippen LogP contribution in [0.3, 0.4) is 0 Å². The third-order valence-corrected chi connectivity index (χ3v) is 4.11. The summed E-state index contributed by atoms with van der Waals surface area (Å²) in [7, 11) is 0. The fraction of sp³-hybridized carbons (Fsp3) is 0.667. The van der Waals surface area contributed by atoms with E-state index in [1.807, 2.05) is 6.92 Å². The summed E-state index contributed by atoms with van der Waals surface area (Å²) in [5.41, 5.74) is 7.65. The van der Waals surface area contributed by atoms with Crippen molar-refractivity contribution >= 4 is 0 Å². The molecule has 2 heteroatoms. The zero-order valence-corrected chi connectivity index (χ0v) is 14.2. The molecule has 0 aliphatic carbocycles. The number of hydrogen-bond acceptors (Lipinski definition) is 2. The standard InChI is InChI=1S/C18H31NO/c1-8-18(6,7)14-9-11-15(12-10-14)20-16(13(2)19)17(3,4)5/h9-13,16H,8,19H2,1-7H3. The van der Waals surface area contributed by atoms with Gasteiger partial charge in [-0.15, -0.1) is 0 Å². The normalized spacial score (nSPS) is 15.8. The zero-order chi connectivity index (χ0) is 15.6. The molecule has 1 rings (SSSR count). The van der Waals surface area contributed by atoms with E-state index < -0.39 is 0 Å². The van der Waals surface area contributed by atoms with E-state index in [-0.39, 0.29) is 23.0 Å². The lowest BCUT2D eigenvalue weighted by molar-refractivity contribution is 0.0684. The zero-order valence-electron chi connectivity index (χ0n) is 14.2. The largest absolute Gasteiger partial charge is 0.488 e. The number of hydrogen-bond donors (Lipinski definition) is 1. The van der Waals surface area contributed by atoms with E-state index in [9.17, 15) is 0 Å². The molecule has 0 saturated heterocycles. The van der Waals surface area contributed by atoms with Gasteiger partial charge in [0.1, 0.15) is 11.9 Å². The smallest absolute Gasteiger partial charge is 0.119 e. The maximum atomic E-state index is 6.12. The number of benzene rings is 1. The van der Waals surface area contributed by atoms with Crippen LogP contribution in [0.4, 0.5) is 0 Å². The first-order valence-corrected chi connectivity index (χ1v) is 7.60. The third kappa shape index (κ3) is 4.24. The first-order chi connectivity index (χ1) is 9.08. The minimum Gasteiger partial charge on any atom is -0.488 e. The van der Waals surface area contributed by atoms with Crippen molar-refractivity contribution in [1.82, 2.24) is 0 Å². The molecule has 1 aromatic rings. The van der Waals surface area contributed by atoms with Crippen molar-refractivity contribution in [1.29, 1.82) is 0 Å². The van der Waals surface area contributed by atoms with Gasteiger partial charge in [-0.25, -0.2) is 0 Å². The van der Waals surface area contributed by atoms with E-state index in [2.05, 4.69) is 65.8 Å². The van der Waals surface area contributed by atoms with Crippen molar-refractivity contribution in [2.45, 2.75) is 72.4 Å². The second kappa shape index (κ2) is 6.17. The van der Waals surface area contributed by atoms with Crippen molar-refractivity contribution in [2.24, 2.45) is 11.1 Å². The Kier molecular flexibility index (Phi) is 5.26. The Morgan fingerprint density at radius 3 is 1.90 bits per heavy atom. The fourth-order valence-electron chi connectivity index (χ4n) is 2.41. The van der Waals surface area contributed by atoms with Crippen LogP contribution in [0, 0.1) is 5.41 Å². The average molecular weight is 277 g/mol. The summed E-state index contributed by atoms with van der Waals surface area (Å²) in [6.45, 7) is 15.2. The maximum Gasteiger partial charge on any atom is 0.119 e. The summed E-state index contributed by atoms with van der Waals surface area (Å²) >= 11 is 0. The van der Waals surface area contributed by atoms with Crippen molar-refractivity contribution in [3.05, 3.63) is 29.8 Å². The second-order valence-electron chi connectivity index (χ2n) is 7.53. The van der Waals surface area contributed by atoms with Crippen LogP contribution in [-0.4, -0.2) is 12.1 Å². The van der Waals surface area contributed by atoms with Gasteiger partial charge in [-0.2, -0.15) is 0 Å². The first-order valence-electron chi connectivity index (χ1n) is 7.60. The van der Waals surface area contributed by atoms with Crippen LogP contribution >= 0.6 is 0 Å². The summed E-state index contributed by atoms with van der Waals surface area (Å²) < 4.78 is 6.12. The van der Waals surface area contributed by atoms with E-state index in [1.54, 1.807) is 0 Å². The summed E-state index contributed by atoms with van der Waals surface area (Å²) in [6.07, 6.45) is 1.13. The van der Waals surface area contributed by atoms with Crippen molar-refractivity contribution in [3.63, 3.8) is 0 Å². The molecule has 0 fully saturated rings. The average Bonchev–Trinajstić information content (AvgIpc) is 2.34. The highest BCUT2D eigenvalue weighted by molar-refractivity contribution is 5.31. The second-order valence-corrected chi connectivity index (χ2v) is 7.53. The Balaban J connectivity index is 2.89. The lowest BCUT2D eigenvalue weighted by atomic mass is 9.82. The lowest BCUT2D eigenvalue weighted by Gasteiger charge is -2.34. The molecule has 0 radical (unpaired) electrons. The highest BCUT2D eigenvalue weighted by Gasteiger charge is 2.30. The van der Waals surface area contributed by atoms with Crippen LogP contribution in [0.2, 0.25) is 0 Å². The molecule has 0 aromatic heterocycles. The van der Waals surface area contributed by atoms with Gasteiger partial charge >= 0.3 is 0 Å². The third-order valence-electron chi connectivity index (χ3n) is 4.11. The number of ether oxygens (including phenoxy) is 1. The van der Waals surface area contributed by atoms with Gasteiger partial charge in [0, 0.05) is 11.5 Å². The van der Waals surface area contributed by atoms with Crippen molar-refractivity contribution in [2.75, 3.05) is 0 Å². The highest BCUT2D eigenvalue weighted by atomic mass is 16.5. The number of nitrogens with two attached hydrogens (primary N) is 1. The Morgan fingerprint density at radius 1 is 1.05 bits per heavy atom. The Hall–Kier alpha value is -1.02. The van der Waals surface area contributed by atoms with E-state index >= 15 is 0 Å². The molecule has 114 valence electrons. The van der Waals surface area contributed by atoms with Gasteiger partial charge in [-0.05, 0) is 36.5 Å². The predicted molar refractivity (Wildman–Crippen MR) is 87.3 cm³/mol. The van der Waals surface area contributed by atoms with Crippen LogP contribution < -0.4 is 10.5 Å². The fourth-order valence-corrected chi connectivity index (χ4v) is 2.41. The molecule has 0 spiro atoms. The lowest BCUT2D eigenvalue weighted by Crippen LogP contribution is -2.45. The molecule has 0 saturated carbocycles. The van der Waals surface area contributed by atoms with Gasteiger partial charge in [0.05, 0.1) is 0 Å². The van der Waals surface area contributed by atoms with Crippen molar-refractivity contribution in [3.8, 4) is 5.75 Å². The molecule has 2 atom stereocenters. The van der Waals surface area contributed by atoms with Gasteiger partial charge < -0.3 is 10.5 Å². The predicted octanol–water partition coefficient (Wildman–Crippen LogP) is 4.51. The molecule has 20 heavy (non-hydrogen) atoms. The Bertz CT molecular complexity index is 412. The molecule has 0 aliphatic heterocycles. The van der Waals surface area contributed by atoms with Gasteiger partial charge in [-0.3, -0.25) is 0 Å². The molecule has 0 aliphatic rings. The molecule has 0 amide bonds. The topological polar surface area (TPSA) is 35.2 Å². The van der Waals surface area contributed by atoms with Crippen molar-refractivity contribution < 1.29 is 4.74 Å². The maximum absolute atomic E-state index is 6.12. The molecule has 0 bridgehead atoms. The summed E-state index contributed by atoms with van der Waals surface area (Å²) in [4.78, 5) is 0.